The number of ether oxygens (including phenoxy) is 2. The third-order valence-electron chi connectivity index (χ3n) is 4.84. The number of carbonyl (C=O) groups is 1. The number of hydrogen-bond donors (Lipinski definition) is 1. The van der Waals surface area contributed by atoms with Crippen molar-refractivity contribution in [1.82, 2.24) is 5.01 Å². The van der Waals surface area contributed by atoms with E-state index < -0.39 is 5.91 Å². The molecule has 0 atom stereocenters. The smallest absolute Gasteiger partial charge is 0.283 e. The average Bonchev–Trinajstić information content (AvgIpc) is 3.22. The van der Waals surface area contributed by atoms with E-state index in [9.17, 15) is 4.79 Å². The lowest BCUT2D eigenvalue weighted by Gasteiger charge is -2.20. The molecule has 0 saturated heterocycles. The van der Waals surface area contributed by atoms with Crippen LogP contribution in [0.1, 0.15) is 31.7 Å². The molecule has 2 heterocycles. The highest BCUT2D eigenvalue weighted by atomic mass is 79.9. The lowest BCUT2D eigenvalue weighted by atomic mass is 10.1. The molecule has 9 heteroatoms. The lowest BCUT2D eigenvalue weighted by molar-refractivity contribution is -0.114. The van der Waals surface area contributed by atoms with Gasteiger partial charge in [0.15, 0.2) is 5.84 Å². The second kappa shape index (κ2) is 10.8. The van der Waals surface area contributed by atoms with Gasteiger partial charge in [-0.1, -0.05) is 41.4 Å². The first kappa shape index (κ1) is 23.3. The van der Waals surface area contributed by atoms with Gasteiger partial charge in [0.25, 0.3) is 5.91 Å². The Kier molecular flexibility index (Phi) is 7.61. The van der Waals surface area contributed by atoms with E-state index in [0.717, 1.165) is 40.1 Å². The van der Waals surface area contributed by atoms with Crippen LogP contribution in [0.25, 0.3) is 6.08 Å². The fourth-order valence-electron chi connectivity index (χ4n) is 3.17. The second-order valence-corrected chi connectivity index (χ2v) is 9.30. The van der Waals surface area contributed by atoms with Crippen LogP contribution >= 0.6 is 27.7 Å². The Labute approximate surface area is 205 Å². The minimum absolute atomic E-state index is 0.0400. The van der Waals surface area contributed by atoms with Crippen molar-refractivity contribution in [1.29, 1.82) is 5.41 Å². The van der Waals surface area contributed by atoms with Crippen LogP contribution in [-0.4, -0.2) is 40.2 Å². The minimum atomic E-state index is -0.431. The highest BCUT2D eigenvalue weighted by molar-refractivity contribution is 9.10. The summed E-state index contributed by atoms with van der Waals surface area (Å²) < 4.78 is 12.5. The maximum Gasteiger partial charge on any atom is 0.283 e. The topological polar surface area (TPSA) is 87.3 Å². The minimum Gasteiger partial charge on any atom is -0.490 e. The van der Waals surface area contributed by atoms with Gasteiger partial charge >= 0.3 is 0 Å². The Morgan fingerprint density at radius 1 is 1.12 bits per heavy atom. The quantitative estimate of drug-likeness (QED) is 0.333. The number of benzene rings is 2. The van der Waals surface area contributed by atoms with Crippen LogP contribution in [0.5, 0.6) is 11.5 Å². The third-order valence-corrected chi connectivity index (χ3v) is 6.34. The van der Waals surface area contributed by atoms with Gasteiger partial charge in [-0.25, -0.2) is 0 Å². The van der Waals surface area contributed by atoms with Gasteiger partial charge in [-0.15, -0.1) is 0 Å². The van der Waals surface area contributed by atoms with Gasteiger partial charge in [0.2, 0.25) is 5.17 Å². The molecule has 0 aromatic heterocycles. The van der Waals surface area contributed by atoms with Crippen LogP contribution in [0.4, 0.5) is 0 Å². The third kappa shape index (κ3) is 5.91. The van der Waals surface area contributed by atoms with Crippen LogP contribution in [0, 0.1) is 5.41 Å². The van der Waals surface area contributed by atoms with Crippen molar-refractivity contribution in [3.8, 4) is 11.5 Å². The number of nitrogens with zero attached hydrogens (tertiary/aromatic N) is 3. The molecule has 2 aliphatic rings. The van der Waals surface area contributed by atoms with E-state index in [2.05, 4.69) is 32.9 Å². The van der Waals surface area contributed by atoms with E-state index in [1.807, 2.05) is 48.5 Å². The van der Waals surface area contributed by atoms with E-state index in [1.54, 1.807) is 6.08 Å². The van der Waals surface area contributed by atoms with Crippen LogP contribution in [0.3, 0.4) is 0 Å². The first-order valence-electron chi connectivity index (χ1n) is 10.6. The molecule has 0 bridgehead atoms. The maximum absolute atomic E-state index is 12.6. The number of aliphatic imine (C=N–C) groups is 1. The molecule has 0 unspecified atom stereocenters. The molecule has 0 spiro atoms. The van der Waals surface area contributed by atoms with Gasteiger partial charge in [0, 0.05) is 4.47 Å². The van der Waals surface area contributed by atoms with Crippen LogP contribution in [0.15, 0.2) is 68.7 Å². The Balaban J connectivity index is 1.39. The van der Waals surface area contributed by atoms with Gasteiger partial charge in [0.1, 0.15) is 29.8 Å². The number of amidine groups is 2. The predicted molar refractivity (Wildman–Crippen MR) is 136 cm³/mol. The molecule has 170 valence electrons. The molecule has 2 aromatic rings. The van der Waals surface area contributed by atoms with E-state index in [0.29, 0.717) is 24.1 Å². The molecule has 0 fully saturated rings. The largest absolute Gasteiger partial charge is 0.490 e. The fraction of sp³-hybridized carbons (Fsp3) is 0.250. The second-order valence-electron chi connectivity index (χ2n) is 7.34. The molecule has 2 aliphatic heterocycles. The van der Waals surface area contributed by atoms with Gasteiger partial charge < -0.3 is 9.47 Å². The fourth-order valence-corrected chi connectivity index (χ4v) is 4.36. The first-order chi connectivity index (χ1) is 16.0. The Bertz CT molecular complexity index is 1140. The zero-order chi connectivity index (χ0) is 23.2. The summed E-state index contributed by atoms with van der Waals surface area (Å²) in [5.74, 6) is 1.03. The Hall–Kier alpha value is -2.91. The zero-order valence-electron chi connectivity index (χ0n) is 18.1. The molecule has 2 aromatic carbocycles. The molecule has 4 rings (SSSR count). The van der Waals surface area contributed by atoms with Crippen molar-refractivity contribution in [3.05, 3.63) is 64.1 Å². The molecule has 7 nitrogen and oxygen atoms in total. The normalized spacial score (nSPS) is 16.5. The standard InChI is InChI=1S/C24H23BrN4O3S/c1-2-3-7-21-28-29-22(26)20(23(30)27-24(29)33-21)15-16-5-4-6-19(14-16)32-13-12-31-18-10-8-17(25)9-11-18/h4-6,8-11,14-15,26H,2-3,7,12-13H2,1H3/b20-15+,26-22?. The summed E-state index contributed by atoms with van der Waals surface area (Å²) in [4.78, 5) is 16.7. The highest BCUT2D eigenvalue weighted by Crippen LogP contribution is 2.30. The van der Waals surface area contributed by atoms with E-state index >= 15 is 0 Å². The van der Waals surface area contributed by atoms with Crippen molar-refractivity contribution in [3.63, 3.8) is 0 Å². The summed E-state index contributed by atoms with van der Waals surface area (Å²) in [6.07, 6.45) is 4.54. The lowest BCUT2D eigenvalue weighted by Crippen LogP contribution is -2.35. The summed E-state index contributed by atoms with van der Waals surface area (Å²) in [7, 11) is 0. The molecule has 0 saturated carbocycles. The van der Waals surface area contributed by atoms with Gasteiger partial charge in [-0.2, -0.15) is 15.1 Å². The molecule has 1 amide bonds. The summed E-state index contributed by atoms with van der Waals surface area (Å²) in [5.41, 5.74) is 0.950. The molecule has 33 heavy (non-hydrogen) atoms. The Morgan fingerprint density at radius 3 is 2.64 bits per heavy atom. The number of amides is 1. The highest BCUT2D eigenvalue weighted by Gasteiger charge is 2.35. The molecule has 0 aliphatic carbocycles. The number of nitrogens with one attached hydrogen (secondary N) is 1. The molecular weight excluding hydrogens is 504 g/mol. The van der Waals surface area contributed by atoms with Crippen molar-refractivity contribution in [2.45, 2.75) is 26.2 Å². The number of rotatable bonds is 9. The monoisotopic (exact) mass is 526 g/mol. The van der Waals surface area contributed by atoms with Crippen molar-refractivity contribution in [2.75, 3.05) is 13.2 Å². The summed E-state index contributed by atoms with van der Waals surface area (Å²) in [6, 6.07) is 15.0. The number of halogens is 1. The number of hydrogen-bond acceptors (Lipinski definition) is 6. The van der Waals surface area contributed by atoms with Gasteiger partial charge in [0.05, 0.1) is 5.57 Å². The summed E-state index contributed by atoms with van der Waals surface area (Å²) in [6.45, 7) is 2.89. The van der Waals surface area contributed by atoms with Gasteiger partial charge in [-0.05, 0) is 72.6 Å². The summed E-state index contributed by atoms with van der Waals surface area (Å²) >= 11 is 4.76. The van der Waals surface area contributed by atoms with Crippen LogP contribution < -0.4 is 9.47 Å². The van der Waals surface area contributed by atoms with Crippen LogP contribution in [-0.2, 0) is 4.79 Å². The number of fused-ring (bicyclic) bond motifs is 1. The molecular formula is C24H23BrN4O3S. The average molecular weight is 527 g/mol. The number of hydrazone groups is 1. The number of carbonyl (C=O) groups excluding carboxylic acids is 1. The Morgan fingerprint density at radius 2 is 1.88 bits per heavy atom. The van der Waals surface area contributed by atoms with Crippen molar-refractivity contribution >= 4 is 55.7 Å². The number of thioether (sulfide) groups is 1. The SMILES string of the molecule is CCCCC1=NN2C(=N)/C(=C\c3cccc(OCCOc4ccc(Br)cc4)c3)C(=O)N=C2S1. The summed E-state index contributed by atoms with van der Waals surface area (Å²) in [5, 5.41) is 15.8. The number of unbranched alkanes of at least 4 members (excludes halogenated alkanes) is 1. The van der Waals surface area contributed by atoms with Gasteiger partial charge in [-0.3, -0.25) is 10.2 Å². The zero-order valence-corrected chi connectivity index (χ0v) is 20.5. The first-order valence-corrected chi connectivity index (χ1v) is 12.2. The predicted octanol–water partition coefficient (Wildman–Crippen LogP) is 5.72. The van der Waals surface area contributed by atoms with E-state index in [1.165, 1.54) is 16.8 Å². The van der Waals surface area contributed by atoms with E-state index in [4.69, 9.17) is 14.9 Å². The van der Waals surface area contributed by atoms with Crippen molar-refractivity contribution < 1.29 is 14.3 Å². The maximum atomic E-state index is 12.6. The molecule has 0 radical (unpaired) electrons. The van der Waals surface area contributed by atoms with Crippen molar-refractivity contribution in [2.24, 2.45) is 10.1 Å². The van der Waals surface area contributed by atoms with Crippen LogP contribution in [0.2, 0.25) is 0 Å². The van der Waals surface area contributed by atoms with E-state index in [-0.39, 0.29) is 11.4 Å². The molecule has 1 N–H and O–H groups in total.